The topological polar surface area (TPSA) is 56.9 Å². The Morgan fingerprint density at radius 3 is 3.06 bits per heavy atom. The van der Waals surface area contributed by atoms with Gasteiger partial charge in [-0.1, -0.05) is 0 Å². The van der Waals surface area contributed by atoms with Crippen molar-refractivity contribution in [1.82, 2.24) is 9.80 Å². The van der Waals surface area contributed by atoms with Crippen LogP contribution in [0.4, 0.5) is 0 Å². The quantitative estimate of drug-likeness (QED) is 0.874. The molecule has 1 atom stereocenters. The number of furan rings is 1. The zero-order valence-electron chi connectivity index (χ0n) is 10.7. The van der Waals surface area contributed by atoms with Gasteiger partial charge in [0.05, 0.1) is 19.2 Å². The Kier molecular flexibility index (Phi) is 4.38. The molecule has 1 N–H and O–H groups in total. The van der Waals surface area contributed by atoms with Gasteiger partial charge in [0.15, 0.2) is 0 Å². The molecule has 0 aromatic carbocycles. The summed E-state index contributed by atoms with van der Waals surface area (Å²) in [4.78, 5) is 15.4. The molecule has 0 radical (unpaired) electrons. The minimum atomic E-state index is -0.736. The number of nitrogens with zero attached hydrogens (tertiary/aromatic N) is 2. The molecule has 0 saturated carbocycles. The molecule has 1 aliphatic heterocycles. The number of likely N-dealkylation sites (N-methyl/N-ethyl adjacent to an activating group) is 1. The van der Waals surface area contributed by atoms with Crippen LogP contribution in [0.15, 0.2) is 22.8 Å². The van der Waals surface area contributed by atoms with Gasteiger partial charge in [-0.2, -0.15) is 0 Å². The van der Waals surface area contributed by atoms with Crippen LogP contribution in [0.25, 0.3) is 0 Å². The van der Waals surface area contributed by atoms with Crippen LogP contribution in [0.3, 0.4) is 0 Å². The highest BCUT2D eigenvalue weighted by molar-refractivity contribution is 5.67. The Bertz CT molecular complexity index is 378. The number of aliphatic carboxylic acids is 1. The predicted molar refractivity (Wildman–Crippen MR) is 67.3 cm³/mol. The van der Waals surface area contributed by atoms with Crippen LogP contribution in [0.1, 0.15) is 18.6 Å². The molecule has 0 aliphatic carbocycles. The summed E-state index contributed by atoms with van der Waals surface area (Å²) in [5, 5.41) is 9.02. The summed E-state index contributed by atoms with van der Waals surface area (Å²) in [5.74, 6) is 0.162. The lowest BCUT2D eigenvalue weighted by Crippen LogP contribution is -2.41. The van der Waals surface area contributed by atoms with Crippen LogP contribution >= 0.6 is 0 Å². The summed E-state index contributed by atoms with van der Waals surface area (Å²) in [6.07, 6.45) is 2.91. The summed E-state index contributed by atoms with van der Waals surface area (Å²) in [7, 11) is 2.05. The number of rotatable bonds is 4. The fourth-order valence-electron chi connectivity index (χ4n) is 2.50. The predicted octanol–water partition coefficient (Wildman–Crippen LogP) is 1.26. The van der Waals surface area contributed by atoms with E-state index in [0.717, 1.165) is 31.8 Å². The van der Waals surface area contributed by atoms with Crippen molar-refractivity contribution < 1.29 is 14.3 Å². The lowest BCUT2D eigenvalue weighted by molar-refractivity contribution is -0.138. The Morgan fingerprint density at radius 2 is 2.39 bits per heavy atom. The minimum absolute atomic E-state index is 0.0556. The van der Waals surface area contributed by atoms with Crippen molar-refractivity contribution in [3.05, 3.63) is 24.2 Å². The Labute approximate surface area is 107 Å². The molecule has 0 amide bonds. The monoisotopic (exact) mass is 252 g/mol. The van der Waals surface area contributed by atoms with Crippen LogP contribution in [0.2, 0.25) is 0 Å². The third-order valence-electron chi connectivity index (χ3n) is 3.37. The maximum absolute atomic E-state index is 11.0. The third-order valence-corrected chi connectivity index (χ3v) is 3.37. The van der Waals surface area contributed by atoms with Gasteiger partial charge in [0, 0.05) is 19.1 Å². The molecule has 0 bridgehead atoms. The molecule has 1 aromatic heterocycles. The second kappa shape index (κ2) is 6.02. The van der Waals surface area contributed by atoms with E-state index in [9.17, 15) is 4.79 Å². The molecule has 1 unspecified atom stereocenters. The lowest BCUT2D eigenvalue weighted by Gasteiger charge is -2.29. The van der Waals surface area contributed by atoms with Gasteiger partial charge >= 0.3 is 5.97 Å². The van der Waals surface area contributed by atoms with Crippen molar-refractivity contribution in [2.45, 2.75) is 25.4 Å². The first-order valence-corrected chi connectivity index (χ1v) is 6.32. The smallest absolute Gasteiger partial charge is 0.304 e. The van der Waals surface area contributed by atoms with Crippen molar-refractivity contribution in [2.75, 3.05) is 26.7 Å². The van der Waals surface area contributed by atoms with E-state index < -0.39 is 5.97 Å². The Balaban J connectivity index is 2.04. The summed E-state index contributed by atoms with van der Waals surface area (Å²) in [6, 6.07) is 3.86. The van der Waals surface area contributed by atoms with Crippen LogP contribution in [-0.4, -0.2) is 53.6 Å². The highest BCUT2D eigenvalue weighted by Crippen LogP contribution is 2.16. The molecule has 1 aliphatic rings. The molecule has 2 heterocycles. The SMILES string of the molecule is CN1CCCN(Cc2ccco2)C(CC(=O)O)C1. The highest BCUT2D eigenvalue weighted by atomic mass is 16.4. The van der Waals surface area contributed by atoms with Gasteiger partial charge in [-0.3, -0.25) is 9.69 Å². The van der Waals surface area contributed by atoms with Crippen LogP contribution in [0, 0.1) is 0 Å². The van der Waals surface area contributed by atoms with Gasteiger partial charge in [0.2, 0.25) is 0 Å². The lowest BCUT2D eigenvalue weighted by atomic mass is 10.1. The van der Waals surface area contributed by atoms with Crippen molar-refractivity contribution in [3.8, 4) is 0 Å². The molecule has 0 spiro atoms. The second-order valence-corrected chi connectivity index (χ2v) is 4.92. The molecule has 18 heavy (non-hydrogen) atoms. The Hall–Kier alpha value is -1.33. The van der Waals surface area contributed by atoms with Gasteiger partial charge in [0.1, 0.15) is 5.76 Å². The van der Waals surface area contributed by atoms with E-state index in [4.69, 9.17) is 9.52 Å². The first-order chi connectivity index (χ1) is 8.65. The van der Waals surface area contributed by atoms with Gasteiger partial charge in [-0.15, -0.1) is 0 Å². The zero-order chi connectivity index (χ0) is 13.0. The molecular weight excluding hydrogens is 232 g/mol. The summed E-state index contributed by atoms with van der Waals surface area (Å²) < 4.78 is 5.35. The molecule has 100 valence electrons. The standard InChI is InChI=1S/C13H20N2O3/c1-14-5-3-6-15(10-12-4-2-7-18-12)11(9-14)8-13(16)17/h2,4,7,11H,3,5-6,8-10H2,1H3,(H,16,17). The second-order valence-electron chi connectivity index (χ2n) is 4.92. The number of hydrogen-bond donors (Lipinski definition) is 1. The molecular formula is C13H20N2O3. The number of carboxylic acids is 1. The molecule has 1 aromatic rings. The van der Waals surface area contributed by atoms with E-state index in [-0.39, 0.29) is 12.5 Å². The van der Waals surface area contributed by atoms with Gasteiger partial charge in [0.25, 0.3) is 0 Å². The molecule has 1 fully saturated rings. The van der Waals surface area contributed by atoms with Crippen LogP contribution in [-0.2, 0) is 11.3 Å². The van der Waals surface area contributed by atoms with Gasteiger partial charge < -0.3 is 14.4 Å². The average Bonchev–Trinajstić information content (AvgIpc) is 2.73. The van der Waals surface area contributed by atoms with Crippen molar-refractivity contribution in [2.24, 2.45) is 0 Å². The van der Waals surface area contributed by atoms with E-state index in [1.54, 1.807) is 6.26 Å². The van der Waals surface area contributed by atoms with Crippen molar-refractivity contribution >= 4 is 5.97 Å². The third kappa shape index (κ3) is 3.58. The summed E-state index contributed by atoms with van der Waals surface area (Å²) >= 11 is 0. The molecule has 1 saturated heterocycles. The fraction of sp³-hybridized carbons (Fsp3) is 0.615. The summed E-state index contributed by atoms with van der Waals surface area (Å²) in [6.45, 7) is 3.43. The number of carbonyl (C=O) groups is 1. The van der Waals surface area contributed by atoms with Gasteiger partial charge in [-0.25, -0.2) is 0 Å². The van der Waals surface area contributed by atoms with E-state index >= 15 is 0 Å². The van der Waals surface area contributed by atoms with Gasteiger partial charge in [-0.05, 0) is 32.1 Å². The minimum Gasteiger partial charge on any atom is -0.481 e. The number of carboxylic acid groups (broad SMARTS) is 1. The van der Waals surface area contributed by atoms with Crippen LogP contribution in [0.5, 0.6) is 0 Å². The largest absolute Gasteiger partial charge is 0.481 e. The average molecular weight is 252 g/mol. The Morgan fingerprint density at radius 1 is 1.56 bits per heavy atom. The van der Waals surface area contributed by atoms with Crippen molar-refractivity contribution in [1.29, 1.82) is 0 Å². The van der Waals surface area contributed by atoms with E-state index in [1.807, 2.05) is 19.2 Å². The number of hydrogen-bond acceptors (Lipinski definition) is 4. The summed E-state index contributed by atoms with van der Waals surface area (Å²) in [5.41, 5.74) is 0. The zero-order valence-corrected chi connectivity index (χ0v) is 10.7. The highest BCUT2D eigenvalue weighted by Gasteiger charge is 2.26. The first-order valence-electron chi connectivity index (χ1n) is 6.32. The molecule has 5 heteroatoms. The van der Waals surface area contributed by atoms with E-state index in [1.165, 1.54) is 0 Å². The normalized spacial score (nSPS) is 22.8. The van der Waals surface area contributed by atoms with E-state index in [0.29, 0.717) is 6.54 Å². The maximum Gasteiger partial charge on any atom is 0.304 e. The van der Waals surface area contributed by atoms with Crippen LogP contribution < -0.4 is 0 Å². The van der Waals surface area contributed by atoms with Crippen molar-refractivity contribution in [3.63, 3.8) is 0 Å². The maximum atomic E-state index is 11.0. The fourth-order valence-corrected chi connectivity index (χ4v) is 2.50. The molecule has 2 rings (SSSR count). The molecule has 5 nitrogen and oxygen atoms in total. The van der Waals surface area contributed by atoms with E-state index in [2.05, 4.69) is 9.80 Å². The first kappa shape index (κ1) is 13.1.